The number of hydrogen-bond acceptors (Lipinski definition) is 2. The Bertz CT molecular complexity index is 491. The first kappa shape index (κ1) is 15.7. The van der Waals surface area contributed by atoms with E-state index in [1.165, 1.54) is 12.8 Å². The third-order valence-corrected chi connectivity index (χ3v) is 4.69. The van der Waals surface area contributed by atoms with Crippen LogP contribution in [0, 0.1) is 5.41 Å². The van der Waals surface area contributed by atoms with Gasteiger partial charge in [0.2, 0.25) is 0 Å². The number of nitrogens with two attached hydrogens (primary N) is 1. The highest BCUT2D eigenvalue weighted by molar-refractivity contribution is 7.80. The Balaban J connectivity index is 1.90. The number of ether oxygens (including phenoxy) is 1. The number of halogens is 1. The summed E-state index contributed by atoms with van der Waals surface area (Å²) in [5.74, 6) is 0. The SMILES string of the molecule is CC1(C)CCC(OCc2ccc(C(N)=S)cc2Cl)CC1. The fourth-order valence-corrected chi connectivity index (χ4v) is 2.93. The zero-order valence-corrected chi connectivity index (χ0v) is 13.7. The van der Waals surface area contributed by atoms with E-state index < -0.39 is 0 Å². The second-order valence-corrected chi connectivity index (χ2v) is 7.19. The fraction of sp³-hybridized carbons (Fsp3) is 0.562. The van der Waals surface area contributed by atoms with Crippen LogP contribution in [0.4, 0.5) is 0 Å². The molecular formula is C16H22ClNOS. The van der Waals surface area contributed by atoms with Crippen LogP contribution in [-0.2, 0) is 11.3 Å². The monoisotopic (exact) mass is 311 g/mol. The van der Waals surface area contributed by atoms with Crippen molar-refractivity contribution in [2.45, 2.75) is 52.2 Å². The van der Waals surface area contributed by atoms with Crippen molar-refractivity contribution in [2.75, 3.05) is 0 Å². The Labute approximate surface area is 131 Å². The van der Waals surface area contributed by atoms with Gasteiger partial charge in [0, 0.05) is 10.6 Å². The lowest BCUT2D eigenvalue weighted by Gasteiger charge is -2.34. The smallest absolute Gasteiger partial charge is 0.104 e. The quantitative estimate of drug-likeness (QED) is 0.834. The van der Waals surface area contributed by atoms with Gasteiger partial charge in [-0.05, 0) is 42.7 Å². The van der Waals surface area contributed by atoms with E-state index in [1.54, 1.807) is 0 Å². The van der Waals surface area contributed by atoms with Crippen molar-refractivity contribution in [3.05, 3.63) is 34.3 Å². The van der Waals surface area contributed by atoms with Gasteiger partial charge in [0.1, 0.15) is 4.99 Å². The number of benzene rings is 1. The number of thiocarbonyl (C=S) groups is 1. The van der Waals surface area contributed by atoms with Gasteiger partial charge in [0.15, 0.2) is 0 Å². The maximum absolute atomic E-state index is 6.24. The molecule has 0 aliphatic heterocycles. The Morgan fingerprint density at radius 2 is 2.05 bits per heavy atom. The topological polar surface area (TPSA) is 35.2 Å². The molecule has 1 aromatic carbocycles. The summed E-state index contributed by atoms with van der Waals surface area (Å²) in [7, 11) is 0. The van der Waals surface area contributed by atoms with Gasteiger partial charge in [-0.1, -0.05) is 49.8 Å². The molecule has 1 fully saturated rings. The molecule has 110 valence electrons. The Hall–Kier alpha value is -0.640. The van der Waals surface area contributed by atoms with Crippen LogP contribution < -0.4 is 5.73 Å². The first-order valence-corrected chi connectivity index (χ1v) is 7.86. The molecule has 2 nitrogen and oxygen atoms in total. The van der Waals surface area contributed by atoms with Crippen molar-refractivity contribution in [2.24, 2.45) is 11.1 Å². The predicted octanol–water partition coefficient (Wildman–Crippen LogP) is 4.46. The van der Waals surface area contributed by atoms with Gasteiger partial charge in [-0.15, -0.1) is 0 Å². The molecule has 1 saturated carbocycles. The first-order chi connectivity index (χ1) is 9.37. The van der Waals surface area contributed by atoms with Crippen LogP contribution >= 0.6 is 23.8 Å². The molecule has 0 unspecified atom stereocenters. The molecule has 2 rings (SSSR count). The van der Waals surface area contributed by atoms with Gasteiger partial charge >= 0.3 is 0 Å². The second kappa shape index (κ2) is 6.42. The molecule has 0 saturated heterocycles. The van der Waals surface area contributed by atoms with Crippen LogP contribution in [0.3, 0.4) is 0 Å². The highest BCUT2D eigenvalue weighted by atomic mass is 35.5. The van der Waals surface area contributed by atoms with Crippen LogP contribution in [0.5, 0.6) is 0 Å². The van der Waals surface area contributed by atoms with Crippen LogP contribution in [0.25, 0.3) is 0 Å². The summed E-state index contributed by atoms with van der Waals surface area (Å²) in [5.41, 5.74) is 7.85. The summed E-state index contributed by atoms with van der Waals surface area (Å²) >= 11 is 11.2. The second-order valence-electron chi connectivity index (χ2n) is 6.35. The Morgan fingerprint density at radius 3 is 2.60 bits per heavy atom. The van der Waals surface area contributed by atoms with E-state index in [1.807, 2.05) is 18.2 Å². The summed E-state index contributed by atoms with van der Waals surface area (Å²) in [6.07, 6.45) is 5.08. The van der Waals surface area contributed by atoms with Gasteiger partial charge in [0.25, 0.3) is 0 Å². The lowest BCUT2D eigenvalue weighted by Crippen LogP contribution is -2.26. The van der Waals surface area contributed by atoms with E-state index in [0.29, 0.717) is 28.1 Å². The van der Waals surface area contributed by atoms with E-state index >= 15 is 0 Å². The average Bonchev–Trinajstić information content (AvgIpc) is 2.38. The van der Waals surface area contributed by atoms with E-state index in [9.17, 15) is 0 Å². The van der Waals surface area contributed by atoms with Crippen molar-refractivity contribution >= 4 is 28.8 Å². The molecular weight excluding hydrogens is 290 g/mol. The molecule has 20 heavy (non-hydrogen) atoms. The van der Waals surface area contributed by atoms with Gasteiger partial charge in [-0.25, -0.2) is 0 Å². The van der Waals surface area contributed by atoms with Gasteiger partial charge in [-0.2, -0.15) is 0 Å². The molecule has 0 bridgehead atoms. The van der Waals surface area contributed by atoms with E-state index in [0.717, 1.165) is 24.0 Å². The summed E-state index contributed by atoms with van der Waals surface area (Å²) in [6, 6.07) is 5.66. The summed E-state index contributed by atoms with van der Waals surface area (Å²) < 4.78 is 5.99. The number of hydrogen-bond donors (Lipinski definition) is 1. The minimum Gasteiger partial charge on any atom is -0.389 e. The summed E-state index contributed by atoms with van der Waals surface area (Å²) in [4.78, 5) is 0.369. The normalized spacial score (nSPS) is 18.9. The van der Waals surface area contributed by atoms with Crippen molar-refractivity contribution in [1.82, 2.24) is 0 Å². The molecule has 0 heterocycles. The number of rotatable bonds is 4. The average molecular weight is 312 g/mol. The molecule has 1 aliphatic rings. The third kappa shape index (κ3) is 4.18. The zero-order valence-electron chi connectivity index (χ0n) is 12.1. The Kier molecular flexibility index (Phi) is 5.05. The van der Waals surface area contributed by atoms with Crippen LogP contribution in [0.15, 0.2) is 18.2 Å². The maximum Gasteiger partial charge on any atom is 0.104 e. The van der Waals surface area contributed by atoms with Crippen LogP contribution in [0.1, 0.15) is 50.7 Å². The fourth-order valence-electron chi connectivity index (χ4n) is 2.56. The molecule has 4 heteroatoms. The first-order valence-electron chi connectivity index (χ1n) is 7.07. The maximum atomic E-state index is 6.24. The van der Waals surface area contributed by atoms with Gasteiger partial charge in [-0.3, -0.25) is 0 Å². The highest BCUT2D eigenvalue weighted by Gasteiger charge is 2.27. The minimum atomic E-state index is 0.356. The Morgan fingerprint density at radius 1 is 1.40 bits per heavy atom. The van der Waals surface area contributed by atoms with Crippen molar-refractivity contribution in [3.8, 4) is 0 Å². The minimum absolute atomic E-state index is 0.356. The molecule has 0 aromatic heterocycles. The van der Waals surface area contributed by atoms with Crippen molar-refractivity contribution < 1.29 is 4.74 Å². The van der Waals surface area contributed by atoms with Crippen LogP contribution in [-0.4, -0.2) is 11.1 Å². The van der Waals surface area contributed by atoms with E-state index in [-0.39, 0.29) is 0 Å². The van der Waals surface area contributed by atoms with E-state index in [4.69, 9.17) is 34.3 Å². The largest absolute Gasteiger partial charge is 0.389 e. The molecule has 0 atom stereocenters. The molecule has 0 amide bonds. The molecule has 0 spiro atoms. The zero-order chi connectivity index (χ0) is 14.8. The predicted molar refractivity (Wildman–Crippen MR) is 88.2 cm³/mol. The van der Waals surface area contributed by atoms with Gasteiger partial charge < -0.3 is 10.5 Å². The van der Waals surface area contributed by atoms with Crippen molar-refractivity contribution in [1.29, 1.82) is 0 Å². The standard InChI is InChI=1S/C16H22ClNOS/c1-16(2)7-5-13(6-8-16)19-10-12-4-3-11(15(18)20)9-14(12)17/h3-4,9,13H,5-8,10H2,1-2H3,(H2,18,20). The molecule has 1 aromatic rings. The highest BCUT2D eigenvalue weighted by Crippen LogP contribution is 2.36. The van der Waals surface area contributed by atoms with E-state index in [2.05, 4.69) is 13.8 Å². The lowest BCUT2D eigenvalue weighted by molar-refractivity contribution is -0.00555. The lowest BCUT2D eigenvalue weighted by atomic mass is 9.76. The molecule has 0 radical (unpaired) electrons. The van der Waals surface area contributed by atoms with Gasteiger partial charge in [0.05, 0.1) is 12.7 Å². The third-order valence-electron chi connectivity index (χ3n) is 4.10. The molecule has 2 N–H and O–H groups in total. The summed E-state index contributed by atoms with van der Waals surface area (Å²) in [6.45, 7) is 5.21. The van der Waals surface area contributed by atoms with Crippen LogP contribution in [0.2, 0.25) is 5.02 Å². The molecule has 1 aliphatic carbocycles. The summed E-state index contributed by atoms with van der Waals surface area (Å²) in [5, 5.41) is 0.673. The van der Waals surface area contributed by atoms with Crippen molar-refractivity contribution in [3.63, 3.8) is 0 Å².